The number of carbonyl (C=O) groups excluding carboxylic acids is 1. The fraction of sp³-hybridized carbons (Fsp3) is 0.182. The molecule has 0 unspecified atom stereocenters. The molecule has 2 aromatic rings. The number of amides is 1. The summed E-state index contributed by atoms with van der Waals surface area (Å²) >= 11 is 0. The molecule has 0 saturated heterocycles. The molecule has 1 heterocycles. The summed E-state index contributed by atoms with van der Waals surface area (Å²) < 4.78 is 65.0. The highest BCUT2D eigenvalue weighted by Crippen LogP contribution is 2.29. The number of rotatable bonds is 3. The standard InChI is InChI=1S/C11H6F5N3O2/c12-7(13)9(20)17-6-3-1-5(2-4-6)8-18-10(21-19-8)11(14,15)16/h1-4,7H,(H,17,20). The Kier molecular flexibility index (Phi) is 3.87. The number of benzene rings is 1. The van der Waals surface area contributed by atoms with Crippen molar-refractivity contribution in [2.45, 2.75) is 12.6 Å². The number of halogens is 5. The summed E-state index contributed by atoms with van der Waals surface area (Å²) in [5.41, 5.74) is 0.230. The van der Waals surface area contributed by atoms with Gasteiger partial charge in [-0.25, -0.2) is 0 Å². The van der Waals surface area contributed by atoms with Gasteiger partial charge in [0, 0.05) is 11.3 Å². The Labute approximate surface area is 113 Å². The monoisotopic (exact) mass is 307 g/mol. The first-order chi connectivity index (χ1) is 9.77. The molecule has 1 amide bonds. The van der Waals surface area contributed by atoms with Gasteiger partial charge in [-0.15, -0.1) is 0 Å². The van der Waals surface area contributed by atoms with Gasteiger partial charge in [0.25, 0.3) is 5.91 Å². The van der Waals surface area contributed by atoms with Gasteiger partial charge < -0.3 is 9.84 Å². The van der Waals surface area contributed by atoms with Gasteiger partial charge in [0.1, 0.15) is 0 Å². The average Bonchev–Trinajstić information content (AvgIpc) is 2.89. The third kappa shape index (κ3) is 3.52. The van der Waals surface area contributed by atoms with Gasteiger partial charge in [0.2, 0.25) is 5.82 Å². The second-order valence-electron chi connectivity index (χ2n) is 3.79. The van der Waals surface area contributed by atoms with Crippen LogP contribution in [0.3, 0.4) is 0 Å². The highest BCUT2D eigenvalue weighted by Gasteiger charge is 2.38. The smallest absolute Gasteiger partial charge is 0.329 e. The summed E-state index contributed by atoms with van der Waals surface area (Å²) in [6, 6.07) is 4.96. The molecule has 5 nitrogen and oxygen atoms in total. The maximum Gasteiger partial charge on any atom is 0.471 e. The van der Waals surface area contributed by atoms with E-state index >= 15 is 0 Å². The van der Waals surface area contributed by atoms with Crippen LogP contribution in [-0.4, -0.2) is 22.5 Å². The Hall–Kier alpha value is -2.52. The normalized spacial score (nSPS) is 11.7. The van der Waals surface area contributed by atoms with Gasteiger partial charge >= 0.3 is 18.5 Å². The Balaban J connectivity index is 2.16. The lowest BCUT2D eigenvalue weighted by Gasteiger charge is -2.04. The summed E-state index contributed by atoms with van der Waals surface area (Å²) in [6.07, 6.45) is -7.92. The van der Waals surface area contributed by atoms with E-state index in [1.54, 1.807) is 0 Å². The van der Waals surface area contributed by atoms with Gasteiger partial charge in [-0.2, -0.15) is 26.9 Å². The predicted octanol–water partition coefficient (Wildman–Crippen LogP) is 2.96. The molecule has 21 heavy (non-hydrogen) atoms. The van der Waals surface area contributed by atoms with Gasteiger partial charge in [0.05, 0.1) is 0 Å². The topological polar surface area (TPSA) is 68.0 Å². The van der Waals surface area contributed by atoms with Gasteiger partial charge in [-0.05, 0) is 24.3 Å². The number of carbonyl (C=O) groups is 1. The minimum atomic E-state index is -4.75. The molecule has 0 aliphatic heterocycles. The fourth-order valence-corrected chi connectivity index (χ4v) is 1.36. The van der Waals surface area contributed by atoms with Crippen LogP contribution in [0.2, 0.25) is 0 Å². The second kappa shape index (κ2) is 5.46. The van der Waals surface area contributed by atoms with Crippen LogP contribution in [0.1, 0.15) is 5.89 Å². The van der Waals surface area contributed by atoms with Crippen LogP contribution in [0.25, 0.3) is 11.4 Å². The summed E-state index contributed by atoms with van der Waals surface area (Å²) in [5, 5.41) is 5.07. The molecular weight excluding hydrogens is 301 g/mol. The first-order valence-corrected chi connectivity index (χ1v) is 5.38. The zero-order valence-corrected chi connectivity index (χ0v) is 9.99. The predicted molar refractivity (Wildman–Crippen MR) is 59.4 cm³/mol. The average molecular weight is 307 g/mol. The van der Waals surface area contributed by atoms with Crippen LogP contribution >= 0.6 is 0 Å². The van der Waals surface area contributed by atoms with E-state index < -0.39 is 24.4 Å². The zero-order chi connectivity index (χ0) is 15.6. The van der Waals surface area contributed by atoms with E-state index in [2.05, 4.69) is 14.7 Å². The number of aromatic nitrogens is 2. The largest absolute Gasteiger partial charge is 0.471 e. The molecule has 1 N–H and O–H groups in total. The van der Waals surface area contributed by atoms with Crippen molar-refractivity contribution >= 4 is 11.6 Å². The number of anilines is 1. The summed E-state index contributed by atoms with van der Waals surface area (Å²) in [6.45, 7) is 0. The van der Waals surface area contributed by atoms with E-state index in [1.807, 2.05) is 5.32 Å². The third-order valence-corrected chi connectivity index (χ3v) is 2.28. The van der Waals surface area contributed by atoms with Gasteiger partial charge in [0.15, 0.2) is 0 Å². The van der Waals surface area contributed by atoms with E-state index in [0.717, 1.165) is 0 Å². The van der Waals surface area contributed by atoms with Crippen molar-refractivity contribution in [2.24, 2.45) is 0 Å². The third-order valence-electron chi connectivity index (χ3n) is 2.28. The molecule has 2 rings (SSSR count). The van der Waals surface area contributed by atoms with Gasteiger partial charge in [-0.3, -0.25) is 4.79 Å². The van der Waals surface area contributed by atoms with E-state index in [-0.39, 0.29) is 17.1 Å². The van der Waals surface area contributed by atoms with Crippen molar-refractivity contribution in [1.29, 1.82) is 0 Å². The quantitative estimate of drug-likeness (QED) is 0.885. The maximum absolute atomic E-state index is 12.3. The maximum atomic E-state index is 12.3. The van der Waals surface area contributed by atoms with E-state index in [0.29, 0.717) is 0 Å². The van der Waals surface area contributed by atoms with Crippen molar-refractivity contribution in [1.82, 2.24) is 10.1 Å². The van der Waals surface area contributed by atoms with Crippen LogP contribution in [0.5, 0.6) is 0 Å². The number of hydrogen-bond acceptors (Lipinski definition) is 4. The van der Waals surface area contributed by atoms with E-state index in [4.69, 9.17) is 0 Å². The van der Waals surface area contributed by atoms with Crippen LogP contribution in [0.15, 0.2) is 28.8 Å². The van der Waals surface area contributed by atoms with Crippen LogP contribution in [0, 0.1) is 0 Å². The molecule has 0 radical (unpaired) electrons. The Bertz CT molecular complexity index is 636. The van der Waals surface area contributed by atoms with Gasteiger partial charge in [-0.1, -0.05) is 5.16 Å². The molecule has 10 heteroatoms. The molecular formula is C11H6F5N3O2. The molecule has 112 valence electrons. The molecule has 1 aromatic carbocycles. The Morgan fingerprint density at radius 1 is 1.19 bits per heavy atom. The highest BCUT2D eigenvalue weighted by atomic mass is 19.4. The molecule has 0 fully saturated rings. The number of nitrogens with one attached hydrogen (secondary N) is 1. The first kappa shape index (κ1) is 14.9. The van der Waals surface area contributed by atoms with Crippen LogP contribution in [0.4, 0.5) is 27.6 Å². The molecule has 0 aliphatic carbocycles. The summed E-state index contributed by atoms with van der Waals surface area (Å²) in [4.78, 5) is 13.9. The Morgan fingerprint density at radius 2 is 1.81 bits per heavy atom. The van der Waals surface area contributed by atoms with Crippen molar-refractivity contribution in [3.63, 3.8) is 0 Å². The number of alkyl halides is 5. The van der Waals surface area contributed by atoms with Crippen molar-refractivity contribution in [3.8, 4) is 11.4 Å². The molecule has 0 bridgehead atoms. The molecule has 0 saturated carbocycles. The minimum absolute atomic E-state index is 0.0589. The molecule has 1 aromatic heterocycles. The van der Waals surface area contributed by atoms with Crippen molar-refractivity contribution in [3.05, 3.63) is 30.2 Å². The zero-order valence-electron chi connectivity index (χ0n) is 9.99. The van der Waals surface area contributed by atoms with Crippen LogP contribution < -0.4 is 5.32 Å². The van der Waals surface area contributed by atoms with E-state index in [1.165, 1.54) is 24.3 Å². The number of nitrogens with zero attached hydrogens (tertiary/aromatic N) is 2. The number of hydrogen-bond donors (Lipinski definition) is 1. The molecule has 0 spiro atoms. The van der Waals surface area contributed by atoms with Crippen molar-refractivity contribution < 1.29 is 31.3 Å². The molecule has 0 atom stereocenters. The van der Waals surface area contributed by atoms with E-state index in [9.17, 15) is 26.7 Å². The summed E-state index contributed by atoms with van der Waals surface area (Å²) in [5.74, 6) is -3.29. The van der Waals surface area contributed by atoms with Crippen LogP contribution in [-0.2, 0) is 11.0 Å². The van der Waals surface area contributed by atoms with Crippen molar-refractivity contribution in [2.75, 3.05) is 5.32 Å². The lowest BCUT2D eigenvalue weighted by Crippen LogP contribution is -2.19. The minimum Gasteiger partial charge on any atom is -0.329 e. The fourth-order valence-electron chi connectivity index (χ4n) is 1.36. The molecule has 0 aliphatic rings. The first-order valence-electron chi connectivity index (χ1n) is 5.38. The summed E-state index contributed by atoms with van der Waals surface area (Å²) in [7, 11) is 0. The lowest BCUT2D eigenvalue weighted by atomic mass is 10.2. The lowest BCUT2D eigenvalue weighted by molar-refractivity contribution is -0.159. The SMILES string of the molecule is O=C(Nc1ccc(-c2noc(C(F)(F)F)n2)cc1)C(F)F. The highest BCUT2D eigenvalue weighted by molar-refractivity contribution is 5.93. The second-order valence-corrected chi connectivity index (χ2v) is 3.79. The Morgan fingerprint density at radius 3 is 2.29 bits per heavy atom.